The Morgan fingerprint density at radius 2 is 2.17 bits per heavy atom. The molecule has 7 heteroatoms. The van der Waals surface area contributed by atoms with Crippen molar-refractivity contribution in [2.45, 2.75) is 26.8 Å². The van der Waals surface area contributed by atoms with Crippen LogP contribution in [0.15, 0.2) is 11.6 Å². The summed E-state index contributed by atoms with van der Waals surface area (Å²) in [5.41, 5.74) is 0.413. The number of hydrogen-bond donors (Lipinski definition) is 2. The van der Waals surface area contributed by atoms with E-state index in [0.717, 1.165) is 10.0 Å². The predicted molar refractivity (Wildman–Crippen MR) is 75.7 cm³/mol. The number of nitrogens with zero attached hydrogens (tertiary/aromatic N) is 2. The van der Waals surface area contributed by atoms with Crippen LogP contribution < -0.4 is 10.6 Å². The Kier molecular flexibility index (Phi) is 3.93. The van der Waals surface area contributed by atoms with Crippen molar-refractivity contribution in [2.24, 2.45) is 0 Å². The molecule has 2 heterocycles. The molecule has 0 radical (unpaired) electrons. The highest BCUT2D eigenvalue weighted by atomic mass is 32.1. The van der Waals surface area contributed by atoms with Gasteiger partial charge in [-0.3, -0.25) is 10.1 Å². The molecule has 0 aliphatic carbocycles. The number of carbonyl (C=O) groups is 1. The van der Waals surface area contributed by atoms with Gasteiger partial charge in [0, 0.05) is 22.5 Å². The Labute approximate surface area is 113 Å². The first-order chi connectivity index (χ1) is 8.54. The molecule has 2 N–H and O–H groups in total. The van der Waals surface area contributed by atoms with Crippen molar-refractivity contribution in [1.29, 1.82) is 0 Å². The largest absolute Gasteiger partial charge is 0.359 e. The summed E-state index contributed by atoms with van der Waals surface area (Å²) in [6.07, 6.45) is 1.73. The number of rotatable bonds is 4. The topological polar surface area (TPSA) is 66.9 Å². The van der Waals surface area contributed by atoms with Gasteiger partial charge in [0.25, 0.3) is 5.91 Å². The quantitative estimate of drug-likeness (QED) is 0.904. The van der Waals surface area contributed by atoms with Crippen molar-refractivity contribution >= 4 is 38.8 Å². The zero-order valence-corrected chi connectivity index (χ0v) is 12.0. The molecule has 0 saturated carbocycles. The summed E-state index contributed by atoms with van der Waals surface area (Å²) >= 11 is 2.87. The van der Waals surface area contributed by atoms with Crippen LogP contribution in [0.25, 0.3) is 0 Å². The van der Waals surface area contributed by atoms with E-state index in [1.54, 1.807) is 11.6 Å². The van der Waals surface area contributed by atoms with Gasteiger partial charge in [0.15, 0.2) is 10.3 Å². The summed E-state index contributed by atoms with van der Waals surface area (Å²) in [6, 6.07) is 0.300. The molecule has 96 valence electrons. The zero-order chi connectivity index (χ0) is 13.1. The van der Waals surface area contributed by atoms with Crippen LogP contribution in [0.3, 0.4) is 0 Å². The van der Waals surface area contributed by atoms with E-state index in [1.807, 2.05) is 20.8 Å². The van der Waals surface area contributed by atoms with Crippen molar-refractivity contribution in [1.82, 2.24) is 9.97 Å². The van der Waals surface area contributed by atoms with E-state index in [9.17, 15) is 4.79 Å². The van der Waals surface area contributed by atoms with Gasteiger partial charge in [-0.15, -0.1) is 22.7 Å². The molecule has 2 aromatic heterocycles. The van der Waals surface area contributed by atoms with Gasteiger partial charge in [-0.2, -0.15) is 0 Å². The highest BCUT2D eigenvalue weighted by molar-refractivity contribution is 7.15. The molecular formula is C11H14N4OS2. The van der Waals surface area contributed by atoms with Gasteiger partial charge < -0.3 is 5.32 Å². The number of carbonyl (C=O) groups excluding carboxylic acids is 1. The lowest BCUT2D eigenvalue weighted by Gasteiger charge is -2.04. The Hall–Kier alpha value is -1.47. The molecule has 0 aliphatic rings. The third-order valence-corrected chi connectivity index (χ3v) is 3.59. The summed E-state index contributed by atoms with van der Waals surface area (Å²) in [5, 5.41) is 8.99. The van der Waals surface area contributed by atoms with Crippen LogP contribution in [0.5, 0.6) is 0 Å². The second-order valence-corrected chi connectivity index (χ2v) is 6.16. The average molecular weight is 282 g/mol. The van der Waals surface area contributed by atoms with E-state index in [0.29, 0.717) is 16.9 Å². The first kappa shape index (κ1) is 13.0. The molecule has 0 unspecified atom stereocenters. The molecule has 0 spiro atoms. The molecular weight excluding hydrogens is 268 g/mol. The van der Waals surface area contributed by atoms with Gasteiger partial charge in [0.05, 0.1) is 0 Å². The highest BCUT2D eigenvalue weighted by Gasteiger charge is 2.12. The molecule has 0 fully saturated rings. The molecule has 0 bridgehead atoms. The molecule has 0 saturated heterocycles. The lowest BCUT2D eigenvalue weighted by atomic mass is 10.4. The highest BCUT2D eigenvalue weighted by Crippen LogP contribution is 2.20. The van der Waals surface area contributed by atoms with Gasteiger partial charge in [-0.05, 0) is 20.8 Å². The van der Waals surface area contributed by atoms with Crippen LogP contribution in [0.4, 0.5) is 10.3 Å². The standard InChI is InChI=1S/C11H14N4OS2/c1-6(2)13-11-14-8(5-17-11)9(16)15-10-12-4-7(3)18-10/h4-6H,1-3H3,(H,13,14)(H,12,15,16). The normalized spacial score (nSPS) is 10.7. The molecule has 2 aromatic rings. The average Bonchev–Trinajstić information content (AvgIpc) is 2.87. The Balaban J connectivity index is 2.02. The van der Waals surface area contributed by atoms with E-state index in [4.69, 9.17) is 0 Å². The molecule has 1 amide bonds. The predicted octanol–water partition coefficient (Wildman–Crippen LogP) is 2.98. The van der Waals surface area contributed by atoms with E-state index < -0.39 is 0 Å². The van der Waals surface area contributed by atoms with Crippen molar-refractivity contribution in [2.75, 3.05) is 10.6 Å². The fraction of sp³-hybridized carbons (Fsp3) is 0.364. The van der Waals surface area contributed by atoms with Crippen LogP contribution in [0.2, 0.25) is 0 Å². The molecule has 18 heavy (non-hydrogen) atoms. The number of aryl methyl sites for hydroxylation is 1. The second kappa shape index (κ2) is 5.45. The summed E-state index contributed by atoms with van der Waals surface area (Å²) in [4.78, 5) is 21.3. The van der Waals surface area contributed by atoms with Crippen molar-refractivity contribution in [3.8, 4) is 0 Å². The summed E-state index contributed by atoms with van der Waals surface area (Å²) < 4.78 is 0. The monoisotopic (exact) mass is 282 g/mol. The summed E-state index contributed by atoms with van der Waals surface area (Å²) in [5.74, 6) is -0.225. The van der Waals surface area contributed by atoms with Gasteiger partial charge in [-0.25, -0.2) is 9.97 Å². The molecule has 0 aromatic carbocycles. The van der Waals surface area contributed by atoms with E-state index in [-0.39, 0.29) is 5.91 Å². The Morgan fingerprint density at radius 1 is 1.39 bits per heavy atom. The smallest absolute Gasteiger partial charge is 0.276 e. The SMILES string of the molecule is Cc1cnc(NC(=O)c2csc(NC(C)C)n2)s1. The summed E-state index contributed by atoms with van der Waals surface area (Å²) in [6.45, 7) is 6.00. The zero-order valence-electron chi connectivity index (χ0n) is 10.4. The fourth-order valence-electron chi connectivity index (χ4n) is 1.26. The lowest BCUT2D eigenvalue weighted by molar-refractivity contribution is 0.102. The minimum absolute atomic E-state index is 0.225. The van der Waals surface area contributed by atoms with Crippen LogP contribution in [-0.2, 0) is 0 Å². The summed E-state index contributed by atoms with van der Waals surface area (Å²) in [7, 11) is 0. The minimum Gasteiger partial charge on any atom is -0.359 e. The molecule has 0 aliphatic heterocycles. The van der Waals surface area contributed by atoms with Crippen molar-refractivity contribution in [3.63, 3.8) is 0 Å². The number of aromatic nitrogens is 2. The van der Waals surface area contributed by atoms with Gasteiger partial charge >= 0.3 is 0 Å². The van der Waals surface area contributed by atoms with Gasteiger partial charge in [-0.1, -0.05) is 0 Å². The maximum absolute atomic E-state index is 11.9. The van der Waals surface area contributed by atoms with E-state index in [1.165, 1.54) is 22.7 Å². The van der Waals surface area contributed by atoms with Crippen LogP contribution in [-0.4, -0.2) is 21.9 Å². The maximum Gasteiger partial charge on any atom is 0.276 e. The van der Waals surface area contributed by atoms with E-state index >= 15 is 0 Å². The Morgan fingerprint density at radius 3 is 2.78 bits per heavy atom. The number of amides is 1. The van der Waals surface area contributed by atoms with Crippen molar-refractivity contribution < 1.29 is 4.79 Å². The third-order valence-electron chi connectivity index (χ3n) is 1.99. The van der Waals surface area contributed by atoms with E-state index in [2.05, 4.69) is 20.6 Å². The van der Waals surface area contributed by atoms with Crippen LogP contribution >= 0.6 is 22.7 Å². The molecule has 0 atom stereocenters. The molecule has 5 nitrogen and oxygen atoms in total. The molecule has 2 rings (SSSR count). The second-order valence-electron chi connectivity index (χ2n) is 4.07. The Bertz CT molecular complexity index is 547. The maximum atomic E-state index is 11.9. The lowest BCUT2D eigenvalue weighted by Crippen LogP contribution is -2.13. The first-order valence-corrected chi connectivity index (χ1v) is 7.20. The van der Waals surface area contributed by atoms with Crippen molar-refractivity contribution in [3.05, 3.63) is 22.1 Å². The number of anilines is 2. The minimum atomic E-state index is -0.225. The van der Waals surface area contributed by atoms with Crippen LogP contribution in [0.1, 0.15) is 29.2 Å². The number of hydrogen-bond acceptors (Lipinski definition) is 6. The first-order valence-electron chi connectivity index (χ1n) is 5.50. The van der Waals surface area contributed by atoms with Gasteiger partial charge in [0.1, 0.15) is 5.69 Å². The third kappa shape index (κ3) is 3.27. The van der Waals surface area contributed by atoms with Gasteiger partial charge in [0.2, 0.25) is 0 Å². The number of nitrogens with one attached hydrogen (secondary N) is 2. The fourth-order valence-corrected chi connectivity index (χ4v) is 2.76. The van der Waals surface area contributed by atoms with Crippen LogP contribution in [0, 0.1) is 6.92 Å². The number of thiazole rings is 2.